The Morgan fingerprint density at radius 1 is 0.429 bits per heavy atom. The van der Waals surface area contributed by atoms with E-state index in [2.05, 4.69) is 0 Å². The van der Waals surface area contributed by atoms with Crippen LogP contribution in [0.15, 0.2) is 0 Å². The number of esters is 5. The molecule has 1 aliphatic carbocycles. The Hall–Kier alpha value is -2.69. The van der Waals surface area contributed by atoms with Gasteiger partial charge in [-0.25, -0.2) is 0 Å². The third-order valence-corrected chi connectivity index (χ3v) is 3.73. The van der Waals surface area contributed by atoms with Crippen molar-refractivity contribution in [2.24, 2.45) is 0 Å². The molecule has 0 bridgehead atoms. The Kier molecular flexibility index (Phi) is 8.35. The van der Waals surface area contributed by atoms with E-state index in [0.29, 0.717) is 0 Å². The van der Waals surface area contributed by atoms with Crippen LogP contribution >= 0.6 is 0 Å². The highest BCUT2D eigenvalue weighted by atomic mass is 16.7. The second kappa shape index (κ2) is 10.0. The molecule has 0 amide bonds. The van der Waals surface area contributed by atoms with Gasteiger partial charge in [0.25, 0.3) is 0 Å². The summed E-state index contributed by atoms with van der Waals surface area (Å²) in [6.07, 6.45) is -8.00. The molecule has 0 N–H and O–H groups in total. The Balaban J connectivity index is 3.54. The molecule has 0 aromatic carbocycles. The Bertz CT molecular complexity index is 585. The molecule has 1 aliphatic rings. The number of methoxy groups -OCH3 is 1. The molecule has 0 unspecified atom stereocenters. The zero-order valence-electron chi connectivity index (χ0n) is 16.5. The average Bonchev–Trinajstić information content (AvgIpc) is 2.52. The van der Waals surface area contributed by atoms with Crippen molar-refractivity contribution in [1.82, 2.24) is 0 Å². The molecule has 0 aliphatic heterocycles. The zero-order valence-corrected chi connectivity index (χ0v) is 16.5. The van der Waals surface area contributed by atoms with Crippen LogP contribution < -0.4 is 0 Å². The van der Waals surface area contributed by atoms with Crippen LogP contribution in [0.4, 0.5) is 0 Å². The second-order valence-corrected chi connectivity index (χ2v) is 6.07. The third kappa shape index (κ3) is 6.19. The fourth-order valence-corrected chi connectivity index (χ4v) is 3.02. The first-order valence-electron chi connectivity index (χ1n) is 8.36. The summed E-state index contributed by atoms with van der Waals surface area (Å²) in [6, 6.07) is 0. The first-order chi connectivity index (χ1) is 13.0. The third-order valence-electron chi connectivity index (χ3n) is 3.73. The summed E-state index contributed by atoms with van der Waals surface area (Å²) in [7, 11) is 1.24. The molecule has 11 nitrogen and oxygen atoms in total. The molecule has 158 valence electrons. The maximum atomic E-state index is 11.6. The number of hydrogen-bond acceptors (Lipinski definition) is 11. The topological polar surface area (TPSA) is 141 Å². The quantitative estimate of drug-likeness (QED) is 0.424. The number of carbonyl (C=O) groups is 5. The molecule has 0 aromatic heterocycles. The minimum absolute atomic E-state index is 0.752. The van der Waals surface area contributed by atoms with Gasteiger partial charge < -0.3 is 28.4 Å². The lowest BCUT2D eigenvalue weighted by Crippen LogP contribution is -2.68. The van der Waals surface area contributed by atoms with Crippen molar-refractivity contribution in [2.45, 2.75) is 71.2 Å². The predicted octanol–water partition coefficient (Wildman–Crippen LogP) is -0.326. The van der Waals surface area contributed by atoms with Gasteiger partial charge in [-0.2, -0.15) is 0 Å². The van der Waals surface area contributed by atoms with E-state index < -0.39 is 66.5 Å². The van der Waals surface area contributed by atoms with Crippen molar-refractivity contribution in [3.8, 4) is 0 Å². The SMILES string of the molecule is COC1[C@H](OC(C)=O)[C@@H](OC(C)=O)C(OC(C)=O)[C@H](OC(C)=O)[C@H]1OC(C)=O. The highest BCUT2D eigenvalue weighted by Crippen LogP contribution is 2.34. The molecule has 28 heavy (non-hydrogen) atoms. The van der Waals surface area contributed by atoms with E-state index >= 15 is 0 Å². The summed E-state index contributed by atoms with van der Waals surface area (Å²) in [5.41, 5.74) is 0. The minimum atomic E-state index is -1.43. The van der Waals surface area contributed by atoms with Crippen LogP contribution in [0.2, 0.25) is 0 Å². The van der Waals surface area contributed by atoms with Gasteiger partial charge in [-0.1, -0.05) is 0 Å². The second-order valence-electron chi connectivity index (χ2n) is 6.07. The van der Waals surface area contributed by atoms with Crippen LogP contribution in [0, 0.1) is 0 Å². The molecule has 4 atom stereocenters. The Morgan fingerprint density at radius 3 is 0.750 bits per heavy atom. The molecule has 0 radical (unpaired) electrons. The first-order valence-corrected chi connectivity index (χ1v) is 8.36. The number of hydrogen-bond donors (Lipinski definition) is 0. The van der Waals surface area contributed by atoms with E-state index in [1.807, 2.05) is 0 Å². The summed E-state index contributed by atoms with van der Waals surface area (Å²) in [6.45, 7) is 5.49. The van der Waals surface area contributed by atoms with Gasteiger partial charge in [0, 0.05) is 41.7 Å². The monoisotopic (exact) mass is 404 g/mol. The van der Waals surface area contributed by atoms with Crippen LogP contribution in [0.25, 0.3) is 0 Å². The Morgan fingerprint density at radius 2 is 0.607 bits per heavy atom. The maximum Gasteiger partial charge on any atom is 0.303 e. The molecular formula is C17H24O11. The van der Waals surface area contributed by atoms with Gasteiger partial charge in [-0.05, 0) is 0 Å². The van der Waals surface area contributed by atoms with Gasteiger partial charge >= 0.3 is 29.8 Å². The van der Waals surface area contributed by atoms with E-state index in [1.165, 1.54) is 7.11 Å². The van der Waals surface area contributed by atoms with Gasteiger partial charge in [0.15, 0.2) is 30.5 Å². The van der Waals surface area contributed by atoms with E-state index in [0.717, 1.165) is 34.6 Å². The van der Waals surface area contributed by atoms with E-state index in [1.54, 1.807) is 0 Å². The van der Waals surface area contributed by atoms with Crippen molar-refractivity contribution in [3.05, 3.63) is 0 Å². The van der Waals surface area contributed by atoms with Crippen molar-refractivity contribution >= 4 is 29.8 Å². The summed E-state index contributed by atoms with van der Waals surface area (Å²) in [5, 5.41) is 0. The molecular weight excluding hydrogens is 380 g/mol. The highest BCUT2D eigenvalue weighted by molar-refractivity contribution is 5.70. The smallest absolute Gasteiger partial charge is 0.303 e. The highest BCUT2D eigenvalue weighted by Gasteiger charge is 2.59. The fraction of sp³-hybridized carbons (Fsp3) is 0.706. The van der Waals surface area contributed by atoms with Gasteiger partial charge in [0.1, 0.15) is 6.10 Å². The average molecular weight is 404 g/mol. The summed E-state index contributed by atoms with van der Waals surface area (Å²) < 4.78 is 31.4. The van der Waals surface area contributed by atoms with Crippen molar-refractivity contribution in [3.63, 3.8) is 0 Å². The molecule has 0 saturated heterocycles. The lowest BCUT2D eigenvalue weighted by Gasteiger charge is -2.46. The van der Waals surface area contributed by atoms with Crippen LogP contribution in [-0.2, 0) is 52.4 Å². The van der Waals surface area contributed by atoms with Gasteiger partial charge in [-0.3, -0.25) is 24.0 Å². The predicted molar refractivity (Wildman–Crippen MR) is 88.6 cm³/mol. The van der Waals surface area contributed by atoms with Gasteiger partial charge in [-0.15, -0.1) is 0 Å². The van der Waals surface area contributed by atoms with E-state index in [4.69, 9.17) is 28.4 Å². The lowest BCUT2D eigenvalue weighted by atomic mass is 9.83. The van der Waals surface area contributed by atoms with Crippen LogP contribution in [0.3, 0.4) is 0 Å². The molecule has 0 aromatic rings. The maximum absolute atomic E-state index is 11.6. The van der Waals surface area contributed by atoms with Gasteiger partial charge in [0.05, 0.1) is 0 Å². The van der Waals surface area contributed by atoms with E-state index in [-0.39, 0.29) is 0 Å². The normalized spacial score (nSPS) is 29.2. The van der Waals surface area contributed by atoms with E-state index in [9.17, 15) is 24.0 Å². The minimum Gasteiger partial charge on any atom is -0.455 e. The number of carbonyl (C=O) groups excluding carboxylic acids is 5. The van der Waals surface area contributed by atoms with Crippen molar-refractivity contribution in [2.75, 3.05) is 7.11 Å². The van der Waals surface area contributed by atoms with Crippen molar-refractivity contribution in [1.29, 1.82) is 0 Å². The number of ether oxygens (including phenoxy) is 6. The molecule has 1 rings (SSSR count). The molecule has 1 saturated carbocycles. The van der Waals surface area contributed by atoms with Crippen molar-refractivity contribution < 1.29 is 52.4 Å². The number of rotatable bonds is 6. The zero-order chi connectivity index (χ0) is 21.6. The van der Waals surface area contributed by atoms with Crippen LogP contribution in [-0.4, -0.2) is 73.6 Å². The molecule has 1 fully saturated rings. The Labute approximate surface area is 161 Å². The molecule has 0 heterocycles. The summed E-state index contributed by atoms with van der Waals surface area (Å²) in [5.74, 6) is -3.85. The molecule has 11 heteroatoms. The largest absolute Gasteiger partial charge is 0.455 e. The fourth-order valence-electron chi connectivity index (χ4n) is 3.02. The standard InChI is InChI=1S/C17H24O11/c1-7(18)24-13-12(23-6)14(25-8(2)19)16(27-10(4)21)17(28-11(5)22)15(13)26-9(3)20/h12-17H,1-6H3/t12?,13-,14-,15+,16+,17?/m0/s1. The van der Waals surface area contributed by atoms with Crippen LogP contribution in [0.1, 0.15) is 34.6 Å². The summed E-state index contributed by atoms with van der Waals surface area (Å²) >= 11 is 0. The van der Waals surface area contributed by atoms with Gasteiger partial charge in [0.2, 0.25) is 0 Å². The van der Waals surface area contributed by atoms with Crippen LogP contribution in [0.5, 0.6) is 0 Å². The lowest BCUT2D eigenvalue weighted by molar-refractivity contribution is -0.259. The first kappa shape index (κ1) is 23.3. The summed E-state index contributed by atoms with van der Waals surface area (Å²) in [4.78, 5) is 58.1. The molecule has 0 spiro atoms.